The lowest BCUT2D eigenvalue weighted by molar-refractivity contribution is -0.126. The molecule has 0 aromatic carbocycles. The molecule has 0 heterocycles. The van der Waals surface area contributed by atoms with Gasteiger partial charge in [0, 0.05) is 12.3 Å². The number of hydrogen-bond acceptors (Lipinski definition) is 4. The van der Waals surface area contributed by atoms with Crippen molar-refractivity contribution in [2.45, 2.75) is 19.8 Å². The van der Waals surface area contributed by atoms with Crippen molar-refractivity contribution < 1.29 is 9.59 Å². The molecule has 1 unspecified atom stereocenters. The first-order valence-electron chi connectivity index (χ1n) is 4.35. The summed E-state index contributed by atoms with van der Waals surface area (Å²) in [4.78, 5) is 21.8. The molecule has 15 heavy (non-hydrogen) atoms. The molecule has 0 saturated heterocycles. The van der Waals surface area contributed by atoms with E-state index in [1.54, 1.807) is 19.1 Å². The van der Waals surface area contributed by atoms with Gasteiger partial charge in [-0.05, 0) is 6.42 Å². The molecular formula is C9H12N4O2. The van der Waals surface area contributed by atoms with Crippen LogP contribution in [0.15, 0.2) is 0 Å². The summed E-state index contributed by atoms with van der Waals surface area (Å²) in [5.74, 6) is -2.47. The average molecular weight is 208 g/mol. The smallest absolute Gasteiger partial charge is 0.252 e. The summed E-state index contributed by atoms with van der Waals surface area (Å²) in [6, 6.07) is 3.16. The number of nitriles is 2. The van der Waals surface area contributed by atoms with Crippen molar-refractivity contribution in [2.24, 2.45) is 22.8 Å². The summed E-state index contributed by atoms with van der Waals surface area (Å²) >= 11 is 0. The third kappa shape index (κ3) is 2.44. The summed E-state index contributed by atoms with van der Waals surface area (Å²) in [7, 11) is 0. The maximum absolute atomic E-state index is 11.1. The van der Waals surface area contributed by atoms with Crippen LogP contribution in [-0.4, -0.2) is 11.8 Å². The Bertz CT molecular complexity index is 336. The Morgan fingerprint density at radius 3 is 2.00 bits per heavy atom. The molecule has 2 amide bonds. The Morgan fingerprint density at radius 2 is 1.80 bits per heavy atom. The molecule has 0 fully saturated rings. The van der Waals surface area contributed by atoms with Crippen LogP contribution in [0.3, 0.4) is 0 Å². The molecule has 0 aliphatic carbocycles. The van der Waals surface area contributed by atoms with E-state index in [2.05, 4.69) is 0 Å². The van der Waals surface area contributed by atoms with Gasteiger partial charge < -0.3 is 11.5 Å². The van der Waals surface area contributed by atoms with Crippen molar-refractivity contribution in [1.82, 2.24) is 0 Å². The molecule has 0 spiro atoms. The van der Waals surface area contributed by atoms with Gasteiger partial charge >= 0.3 is 0 Å². The van der Waals surface area contributed by atoms with Gasteiger partial charge in [0.15, 0.2) is 0 Å². The molecule has 0 saturated carbocycles. The molecule has 4 N–H and O–H groups in total. The van der Waals surface area contributed by atoms with Crippen LogP contribution in [0, 0.1) is 34.0 Å². The first-order valence-corrected chi connectivity index (χ1v) is 4.35. The van der Waals surface area contributed by atoms with Gasteiger partial charge in [0.25, 0.3) is 5.91 Å². The van der Waals surface area contributed by atoms with Gasteiger partial charge in [-0.25, -0.2) is 0 Å². The quantitative estimate of drug-likeness (QED) is 0.624. The Balaban J connectivity index is 5.24. The number of nitrogens with two attached hydrogens (primary N) is 2. The predicted octanol–water partition coefficient (Wildman–Crippen LogP) is -0.593. The molecule has 0 aliphatic rings. The molecule has 0 radical (unpaired) electrons. The molecule has 6 heteroatoms. The fraction of sp³-hybridized carbons (Fsp3) is 0.556. The molecular weight excluding hydrogens is 196 g/mol. The van der Waals surface area contributed by atoms with E-state index in [-0.39, 0.29) is 6.42 Å². The van der Waals surface area contributed by atoms with Crippen molar-refractivity contribution in [1.29, 1.82) is 10.5 Å². The van der Waals surface area contributed by atoms with Crippen molar-refractivity contribution in [3.05, 3.63) is 0 Å². The van der Waals surface area contributed by atoms with Crippen LogP contribution >= 0.6 is 0 Å². The SMILES string of the molecule is CCC(CC(N)=O)C(C#N)(C#N)C(N)=O. The van der Waals surface area contributed by atoms with Crippen LogP contribution in [0.4, 0.5) is 0 Å². The normalized spacial score (nSPS) is 12.2. The molecule has 1 atom stereocenters. The van der Waals surface area contributed by atoms with Gasteiger partial charge in [-0.2, -0.15) is 10.5 Å². The number of hydrogen-bond donors (Lipinski definition) is 2. The summed E-state index contributed by atoms with van der Waals surface area (Å²) in [6.45, 7) is 1.65. The predicted molar refractivity (Wildman–Crippen MR) is 50.4 cm³/mol. The molecule has 0 aromatic rings. The third-order valence-corrected chi connectivity index (χ3v) is 2.29. The molecule has 6 nitrogen and oxygen atoms in total. The average Bonchev–Trinajstić information content (AvgIpc) is 2.17. The van der Waals surface area contributed by atoms with Crippen molar-refractivity contribution in [3.63, 3.8) is 0 Å². The van der Waals surface area contributed by atoms with Gasteiger partial charge in [0.1, 0.15) is 0 Å². The topological polar surface area (TPSA) is 134 Å². The second-order valence-corrected chi connectivity index (χ2v) is 3.17. The van der Waals surface area contributed by atoms with E-state index in [1.165, 1.54) is 0 Å². The highest BCUT2D eigenvalue weighted by Gasteiger charge is 2.45. The lowest BCUT2D eigenvalue weighted by atomic mass is 9.74. The lowest BCUT2D eigenvalue weighted by Crippen LogP contribution is -2.42. The summed E-state index contributed by atoms with van der Waals surface area (Å²) in [5, 5.41) is 17.7. The van der Waals surface area contributed by atoms with Crippen LogP contribution in [-0.2, 0) is 9.59 Å². The fourth-order valence-electron chi connectivity index (χ4n) is 1.37. The number of primary amides is 2. The Labute approximate surface area is 87.4 Å². The largest absolute Gasteiger partial charge is 0.370 e. The van der Waals surface area contributed by atoms with Crippen LogP contribution in [0.1, 0.15) is 19.8 Å². The maximum atomic E-state index is 11.1. The van der Waals surface area contributed by atoms with Gasteiger partial charge in [0.05, 0.1) is 12.1 Å². The number of rotatable bonds is 5. The van der Waals surface area contributed by atoms with Crippen molar-refractivity contribution >= 4 is 11.8 Å². The minimum Gasteiger partial charge on any atom is -0.370 e. The van der Waals surface area contributed by atoms with Crippen molar-refractivity contribution in [2.75, 3.05) is 0 Å². The Morgan fingerprint density at radius 1 is 1.33 bits per heavy atom. The van der Waals surface area contributed by atoms with E-state index in [9.17, 15) is 9.59 Å². The van der Waals surface area contributed by atoms with E-state index in [0.717, 1.165) is 0 Å². The third-order valence-electron chi connectivity index (χ3n) is 2.29. The number of amides is 2. The summed E-state index contributed by atoms with van der Waals surface area (Å²) in [5.41, 5.74) is 8.01. The molecule has 0 bridgehead atoms. The van der Waals surface area contributed by atoms with E-state index < -0.39 is 23.1 Å². The lowest BCUT2D eigenvalue weighted by Gasteiger charge is -2.23. The summed E-state index contributed by atoms with van der Waals surface area (Å²) < 4.78 is 0. The van der Waals surface area contributed by atoms with Crippen LogP contribution in [0.5, 0.6) is 0 Å². The second kappa shape index (κ2) is 4.97. The highest BCUT2D eigenvalue weighted by atomic mass is 16.1. The number of carbonyl (C=O) groups is 2. The second-order valence-electron chi connectivity index (χ2n) is 3.17. The monoisotopic (exact) mass is 208 g/mol. The molecule has 0 rings (SSSR count). The molecule has 0 aromatic heterocycles. The van der Waals surface area contributed by atoms with Crippen LogP contribution in [0.2, 0.25) is 0 Å². The standard InChI is InChI=1S/C9H12N4O2/c1-2-6(3-7(12)14)9(4-10,5-11)8(13)15/h6H,2-3H2,1H3,(H2,12,14)(H2,13,15). The number of nitrogens with zero attached hydrogens (tertiary/aromatic N) is 2. The zero-order chi connectivity index (χ0) is 12.1. The fourth-order valence-corrected chi connectivity index (χ4v) is 1.37. The first kappa shape index (κ1) is 12.9. The first-order chi connectivity index (χ1) is 6.94. The maximum Gasteiger partial charge on any atom is 0.252 e. The van der Waals surface area contributed by atoms with Gasteiger partial charge in [-0.15, -0.1) is 0 Å². The number of carbonyl (C=O) groups excluding carboxylic acids is 2. The van der Waals surface area contributed by atoms with Gasteiger partial charge in [0.2, 0.25) is 11.3 Å². The Kier molecular flexibility index (Phi) is 4.28. The van der Waals surface area contributed by atoms with Crippen molar-refractivity contribution in [3.8, 4) is 12.1 Å². The van der Waals surface area contributed by atoms with Crippen LogP contribution in [0.25, 0.3) is 0 Å². The van der Waals surface area contributed by atoms with Crippen LogP contribution < -0.4 is 11.5 Å². The minimum absolute atomic E-state index is 0.208. The van der Waals surface area contributed by atoms with E-state index in [4.69, 9.17) is 22.0 Å². The van der Waals surface area contributed by atoms with E-state index in [1.807, 2.05) is 0 Å². The highest BCUT2D eigenvalue weighted by molar-refractivity contribution is 5.88. The summed E-state index contributed by atoms with van der Waals surface area (Å²) in [6.07, 6.45) is 0.0908. The molecule has 80 valence electrons. The van der Waals surface area contributed by atoms with Gasteiger partial charge in [-0.1, -0.05) is 6.92 Å². The zero-order valence-electron chi connectivity index (χ0n) is 8.36. The minimum atomic E-state index is -1.97. The van der Waals surface area contributed by atoms with E-state index in [0.29, 0.717) is 6.42 Å². The molecule has 0 aliphatic heterocycles. The highest BCUT2D eigenvalue weighted by Crippen LogP contribution is 2.31. The van der Waals surface area contributed by atoms with E-state index >= 15 is 0 Å². The zero-order valence-corrected chi connectivity index (χ0v) is 8.36. The Hall–Kier alpha value is -2.08. The van der Waals surface area contributed by atoms with Gasteiger partial charge in [-0.3, -0.25) is 9.59 Å².